The van der Waals surface area contributed by atoms with E-state index in [0.29, 0.717) is 35.9 Å². The molecule has 4 N–H and O–H groups in total. The summed E-state index contributed by atoms with van der Waals surface area (Å²) in [5.41, 5.74) is 6.58. The molecule has 0 fully saturated rings. The molecule has 1 aromatic carbocycles. The van der Waals surface area contributed by atoms with Crippen LogP contribution in [0.3, 0.4) is 0 Å². The van der Waals surface area contributed by atoms with Crippen LogP contribution in [-0.2, 0) is 16.0 Å². The zero-order valence-electron chi connectivity index (χ0n) is 13.2. The number of carbonyl (C=O) groups is 2. The van der Waals surface area contributed by atoms with Crippen molar-refractivity contribution in [1.82, 2.24) is 0 Å². The first-order valence-electron chi connectivity index (χ1n) is 6.52. The van der Waals surface area contributed by atoms with Gasteiger partial charge in [-0.05, 0) is 30.7 Å². The summed E-state index contributed by atoms with van der Waals surface area (Å²) in [7, 11) is 4.79. The molecule has 0 amide bonds. The monoisotopic (exact) mass is 327 g/mol. The fraction of sp³-hybridized carbons (Fsp3) is 0.333. The van der Waals surface area contributed by atoms with E-state index >= 15 is 0 Å². The average molecular weight is 327 g/mol. The molecule has 0 bridgehead atoms. The smallest absolute Gasteiger partial charge is 0.328 e. The summed E-state index contributed by atoms with van der Waals surface area (Å²) in [6, 6.07) is 3.82. The number of ether oxygens (including phenoxy) is 3. The molecule has 0 radical (unpaired) electrons. The van der Waals surface area contributed by atoms with Crippen LogP contribution in [0.4, 0.5) is 0 Å². The number of rotatable bonds is 7. The van der Waals surface area contributed by atoms with Gasteiger partial charge in [-0.2, -0.15) is 0 Å². The Labute approximate surface area is 134 Å². The fourth-order valence-electron chi connectivity index (χ4n) is 1.59. The van der Waals surface area contributed by atoms with Crippen molar-refractivity contribution in [1.29, 1.82) is 0 Å². The first-order valence-corrected chi connectivity index (χ1v) is 6.52. The van der Waals surface area contributed by atoms with Crippen molar-refractivity contribution in [2.45, 2.75) is 6.42 Å². The van der Waals surface area contributed by atoms with Gasteiger partial charge in [0.1, 0.15) is 0 Å². The summed E-state index contributed by atoms with van der Waals surface area (Å²) in [4.78, 5) is 19.1. The molecule has 1 rings (SSSR count). The molecule has 23 heavy (non-hydrogen) atoms. The highest BCUT2D eigenvalue weighted by molar-refractivity contribution is 5.89. The van der Waals surface area contributed by atoms with Crippen molar-refractivity contribution < 1.29 is 34.0 Å². The minimum absolute atomic E-state index is 0.558. The highest BCUT2D eigenvalue weighted by atomic mass is 16.5. The lowest BCUT2D eigenvalue weighted by Gasteiger charge is -2.13. The molecule has 8 nitrogen and oxygen atoms in total. The topological polar surface area (TPSA) is 128 Å². The normalized spacial score (nSPS) is 9.74. The van der Waals surface area contributed by atoms with Gasteiger partial charge in [-0.25, -0.2) is 9.59 Å². The van der Waals surface area contributed by atoms with Gasteiger partial charge in [-0.1, -0.05) is 0 Å². The van der Waals surface area contributed by atoms with Crippen LogP contribution in [0, 0.1) is 0 Å². The van der Waals surface area contributed by atoms with Crippen molar-refractivity contribution in [2.24, 2.45) is 5.73 Å². The molecule has 0 unspecified atom stereocenters. The van der Waals surface area contributed by atoms with E-state index in [2.05, 4.69) is 0 Å². The quantitative estimate of drug-likeness (QED) is 0.631. The third kappa shape index (κ3) is 7.72. The lowest BCUT2D eigenvalue weighted by atomic mass is 10.1. The standard InChI is InChI=1S/C11H17NO3.C4H4O4/c1-13-9-6-8(4-5-12)7-10(14-2)11(9)15-3;5-3(6)1-2-4(7)8/h6-7H,4-5,12H2,1-3H3;1-2H,(H,5,6)(H,7,8)/b;2-1+. The first-order chi connectivity index (χ1) is 10.9. The molecule has 8 heteroatoms. The molecule has 0 aliphatic rings. The number of methoxy groups -OCH3 is 3. The summed E-state index contributed by atoms with van der Waals surface area (Å²) in [6.45, 7) is 0.596. The highest BCUT2D eigenvalue weighted by Crippen LogP contribution is 2.38. The van der Waals surface area contributed by atoms with E-state index < -0.39 is 11.9 Å². The average Bonchev–Trinajstić information content (AvgIpc) is 2.52. The maximum Gasteiger partial charge on any atom is 0.328 e. The molecular weight excluding hydrogens is 306 g/mol. The lowest BCUT2D eigenvalue weighted by Crippen LogP contribution is -2.04. The minimum Gasteiger partial charge on any atom is -0.493 e. The number of carboxylic acids is 2. The fourth-order valence-corrected chi connectivity index (χ4v) is 1.59. The zero-order valence-corrected chi connectivity index (χ0v) is 13.2. The molecular formula is C15H21NO7. The third-order valence-corrected chi connectivity index (χ3v) is 2.53. The van der Waals surface area contributed by atoms with Crippen molar-refractivity contribution in [3.63, 3.8) is 0 Å². The highest BCUT2D eigenvalue weighted by Gasteiger charge is 2.12. The third-order valence-electron chi connectivity index (χ3n) is 2.53. The van der Waals surface area contributed by atoms with E-state index in [1.54, 1.807) is 21.3 Å². The molecule has 0 aromatic heterocycles. The Bertz CT molecular complexity index is 514. The van der Waals surface area contributed by atoms with Gasteiger partial charge >= 0.3 is 11.9 Å². The van der Waals surface area contributed by atoms with Crippen molar-refractivity contribution in [3.05, 3.63) is 29.8 Å². The van der Waals surface area contributed by atoms with Gasteiger partial charge in [0, 0.05) is 12.2 Å². The van der Waals surface area contributed by atoms with Gasteiger partial charge in [-0.15, -0.1) is 0 Å². The van der Waals surface area contributed by atoms with Crippen LogP contribution in [-0.4, -0.2) is 50.0 Å². The summed E-state index contributed by atoms with van der Waals surface area (Å²) >= 11 is 0. The van der Waals surface area contributed by atoms with E-state index in [1.807, 2.05) is 12.1 Å². The first kappa shape index (κ1) is 20.3. The van der Waals surface area contributed by atoms with Crippen molar-refractivity contribution in [2.75, 3.05) is 27.9 Å². The van der Waals surface area contributed by atoms with Gasteiger partial charge < -0.3 is 30.2 Å². The van der Waals surface area contributed by atoms with Gasteiger partial charge in [0.25, 0.3) is 0 Å². The summed E-state index contributed by atoms with van der Waals surface area (Å²) in [6.07, 6.45) is 1.90. The zero-order chi connectivity index (χ0) is 17.8. The SMILES string of the molecule is COc1cc(CCN)cc(OC)c1OC.O=C(O)/C=C/C(=O)O. The van der Waals surface area contributed by atoms with Crippen LogP contribution in [0.25, 0.3) is 0 Å². The summed E-state index contributed by atoms with van der Waals surface area (Å²) in [5, 5.41) is 15.6. The van der Waals surface area contributed by atoms with Crippen LogP contribution < -0.4 is 19.9 Å². The Morgan fingerprint density at radius 3 is 1.70 bits per heavy atom. The second kappa shape index (κ2) is 10.9. The number of aliphatic carboxylic acids is 2. The van der Waals surface area contributed by atoms with Crippen LogP contribution >= 0.6 is 0 Å². The van der Waals surface area contributed by atoms with Gasteiger partial charge in [0.2, 0.25) is 5.75 Å². The van der Waals surface area contributed by atoms with Crippen LogP contribution in [0.1, 0.15) is 5.56 Å². The molecule has 0 heterocycles. The molecule has 1 aromatic rings. The van der Waals surface area contributed by atoms with E-state index in [9.17, 15) is 9.59 Å². The summed E-state index contributed by atoms with van der Waals surface area (Å²) < 4.78 is 15.6. The minimum atomic E-state index is -1.26. The maximum atomic E-state index is 9.55. The van der Waals surface area contributed by atoms with Gasteiger partial charge in [-0.3, -0.25) is 0 Å². The van der Waals surface area contributed by atoms with E-state index in [-0.39, 0.29) is 0 Å². The Morgan fingerprint density at radius 1 is 1.00 bits per heavy atom. The number of hydrogen-bond acceptors (Lipinski definition) is 6. The molecule has 0 saturated carbocycles. The Hall–Kier alpha value is -2.74. The second-order valence-corrected chi connectivity index (χ2v) is 4.08. The predicted octanol–water partition coefficient (Wildman–Crippen LogP) is 0.925. The predicted molar refractivity (Wildman–Crippen MR) is 83.3 cm³/mol. The van der Waals surface area contributed by atoms with E-state index in [1.165, 1.54) is 0 Å². The Kier molecular flexibility index (Phi) is 9.61. The lowest BCUT2D eigenvalue weighted by molar-refractivity contribution is -0.134. The number of hydrogen-bond donors (Lipinski definition) is 3. The van der Waals surface area contributed by atoms with Gasteiger partial charge in [0.05, 0.1) is 21.3 Å². The van der Waals surface area contributed by atoms with Crippen LogP contribution in [0.5, 0.6) is 17.2 Å². The molecule has 0 saturated heterocycles. The second-order valence-electron chi connectivity index (χ2n) is 4.08. The van der Waals surface area contributed by atoms with Crippen molar-refractivity contribution in [3.8, 4) is 17.2 Å². The Balaban J connectivity index is 0.000000515. The molecule has 128 valence electrons. The van der Waals surface area contributed by atoms with E-state index in [4.69, 9.17) is 30.2 Å². The molecule has 0 aliphatic heterocycles. The Morgan fingerprint density at radius 2 is 1.43 bits per heavy atom. The maximum absolute atomic E-state index is 9.55. The van der Waals surface area contributed by atoms with Crippen LogP contribution in [0.2, 0.25) is 0 Å². The number of nitrogens with two attached hydrogens (primary N) is 1. The molecule has 0 atom stereocenters. The molecule has 0 spiro atoms. The van der Waals surface area contributed by atoms with Gasteiger partial charge in [0.15, 0.2) is 11.5 Å². The molecule has 0 aliphatic carbocycles. The van der Waals surface area contributed by atoms with E-state index in [0.717, 1.165) is 12.0 Å². The van der Waals surface area contributed by atoms with Crippen LogP contribution in [0.15, 0.2) is 24.3 Å². The largest absolute Gasteiger partial charge is 0.493 e. The number of benzene rings is 1. The van der Waals surface area contributed by atoms with Crippen molar-refractivity contribution >= 4 is 11.9 Å². The summed E-state index contributed by atoms with van der Waals surface area (Å²) in [5.74, 6) is -0.568. The number of carboxylic acid groups (broad SMARTS) is 2.